The predicted octanol–water partition coefficient (Wildman–Crippen LogP) is 2.02. The Kier molecular flexibility index (Phi) is 3.99. The fraction of sp³-hybridized carbons (Fsp3) is 0.200. The molecular formula is C20H17N3O4. The largest absolute Gasteiger partial charge is 0.497 e. The summed E-state index contributed by atoms with van der Waals surface area (Å²) < 4.78 is 5.12. The number of carbonyl (C=O) groups excluding carboxylic acids is 3. The van der Waals surface area contributed by atoms with Gasteiger partial charge in [-0.2, -0.15) is 5.10 Å². The molecule has 4 rings (SSSR count). The summed E-state index contributed by atoms with van der Waals surface area (Å²) in [4.78, 5) is 39.4. The van der Waals surface area contributed by atoms with Crippen LogP contribution in [0.5, 0.6) is 5.75 Å². The molecule has 0 saturated carbocycles. The van der Waals surface area contributed by atoms with Crippen LogP contribution in [-0.2, 0) is 14.4 Å². The van der Waals surface area contributed by atoms with E-state index < -0.39 is 23.8 Å². The Morgan fingerprint density at radius 3 is 2.22 bits per heavy atom. The lowest BCUT2D eigenvalue weighted by molar-refractivity contribution is -0.122. The molecule has 2 unspecified atom stereocenters. The third kappa shape index (κ3) is 2.59. The molecule has 1 fully saturated rings. The van der Waals surface area contributed by atoms with E-state index in [0.29, 0.717) is 17.1 Å². The van der Waals surface area contributed by atoms with E-state index in [4.69, 9.17) is 4.74 Å². The summed E-state index contributed by atoms with van der Waals surface area (Å²) in [5, 5.41) is 5.79. The standard InChI is InChI=1S/C20H17N3O4/c1-12(24)17-16-18(23(21-17)14-6-4-3-5-7-14)20(26)22(19(16)25)13-8-10-15(27-2)11-9-13/h3-11,16,18H,1-2H3. The minimum Gasteiger partial charge on any atom is -0.497 e. The summed E-state index contributed by atoms with van der Waals surface area (Å²) in [6.45, 7) is 1.36. The molecule has 0 radical (unpaired) electrons. The highest BCUT2D eigenvalue weighted by atomic mass is 16.5. The van der Waals surface area contributed by atoms with Gasteiger partial charge in [-0.3, -0.25) is 19.4 Å². The van der Waals surface area contributed by atoms with Crippen LogP contribution in [0, 0.1) is 5.92 Å². The quantitative estimate of drug-likeness (QED) is 0.777. The maximum atomic E-state index is 13.2. The van der Waals surface area contributed by atoms with Crippen LogP contribution in [0.25, 0.3) is 0 Å². The number of hydrazone groups is 1. The van der Waals surface area contributed by atoms with E-state index in [1.54, 1.807) is 43.5 Å². The number of nitrogens with zero attached hydrogens (tertiary/aromatic N) is 3. The number of hydrogen-bond donors (Lipinski definition) is 0. The molecule has 2 amide bonds. The summed E-state index contributed by atoms with van der Waals surface area (Å²) in [7, 11) is 1.54. The van der Waals surface area contributed by atoms with Crippen molar-refractivity contribution >= 4 is 34.7 Å². The van der Waals surface area contributed by atoms with Crippen LogP contribution in [0.1, 0.15) is 6.92 Å². The van der Waals surface area contributed by atoms with Crippen molar-refractivity contribution in [3.63, 3.8) is 0 Å². The van der Waals surface area contributed by atoms with E-state index in [9.17, 15) is 14.4 Å². The summed E-state index contributed by atoms with van der Waals surface area (Å²) in [6, 6.07) is 14.8. The van der Waals surface area contributed by atoms with E-state index in [2.05, 4.69) is 5.10 Å². The van der Waals surface area contributed by atoms with Crippen LogP contribution in [0.2, 0.25) is 0 Å². The number of carbonyl (C=O) groups is 3. The molecule has 136 valence electrons. The van der Waals surface area contributed by atoms with Crippen molar-refractivity contribution in [3.8, 4) is 5.75 Å². The molecule has 7 nitrogen and oxygen atoms in total. The molecule has 0 N–H and O–H groups in total. The molecule has 2 aliphatic heterocycles. The summed E-state index contributed by atoms with van der Waals surface area (Å²) in [5.74, 6) is -1.45. The van der Waals surface area contributed by atoms with Gasteiger partial charge in [0.2, 0.25) is 5.91 Å². The van der Waals surface area contributed by atoms with Crippen molar-refractivity contribution in [1.29, 1.82) is 0 Å². The Morgan fingerprint density at radius 1 is 0.963 bits per heavy atom. The molecule has 2 aromatic carbocycles. The number of amides is 2. The van der Waals surface area contributed by atoms with Gasteiger partial charge in [-0.25, -0.2) is 4.90 Å². The Hall–Kier alpha value is -3.48. The molecule has 1 saturated heterocycles. The predicted molar refractivity (Wildman–Crippen MR) is 99.8 cm³/mol. The molecule has 27 heavy (non-hydrogen) atoms. The molecular weight excluding hydrogens is 346 g/mol. The highest BCUT2D eigenvalue weighted by Crippen LogP contribution is 2.38. The Bertz CT molecular complexity index is 953. The number of benzene rings is 2. The summed E-state index contributed by atoms with van der Waals surface area (Å²) >= 11 is 0. The molecule has 2 atom stereocenters. The minimum atomic E-state index is -0.905. The van der Waals surface area contributed by atoms with Crippen LogP contribution in [0.4, 0.5) is 11.4 Å². The number of Topliss-reactive ketones (excluding diaryl/α,β-unsaturated/α-hetero) is 1. The average molecular weight is 363 g/mol. The number of para-hydroxylation sites is 1. The number of ketones is 1. The van der Waals surface area contributed by atoms with Crippen LogP contribution in [0.15, 0.2) is 59.7 Å². The zero-order chi connectivity index (χ0) is 19.1. The van der Waals surface area contributed by atoms with Gasteiger partial charge >= 0.3 is 0 Å². The van der Waals surface area contributed by atoms with Gasteiger partial charge < -0.3 is 4.74 Å². The fourth-order valence-electron chi connectivity index (χ4n) is 3.48. The van der Waals surface area contributed by atoms with E-state index in [-0.39, 0.29) is 11.5 Å². The second-order valence-corrected chi connectivity index (χ2v) is 6.35. The smallest absolute Gasteiger partial charge is 0.259 e. The van der Waals surface area contributed by atoms with Crippen molar-refractivity contribution in [2.75, 3.05) is 17.0 Å². The monoisotopic (exact) mass is 363 g/mol. The third-order valence-corrected chi connectivity index (χ3v) is 4.76. The van der Waals surface area contributed by atoms with E-state index in [1.165, 1.54) is 11.9 Å². The SMILES string of the molecule is COc1ccc(N2C(=O)C3C(C(C)=O)=NN(c4ccccc4)C3C2=O)cc1. The van der Waals surface area contributed by atoms with Crippen LogP contribution >= 0.6 is 0 Å². The number of anilines is 2. The van der Waals surface area contributed by atoms with Crippen LogP contribution in [0.3, 0.4) is 0 Å². The zero-order valence-corrected chi connectivity index (χ0v) is 14.8. The molecule has 2 aromatic rings. The number of imide groups is 1. The molecule has 7 heteroatoms. The zero-order valence-electron chi connectivity index (χ0n) is 14.8. The molecule has 0 bridgehead atoms. The van der Waals surface area contributed by atoms with Gasteiger partial charge in [0.05, 0.1) is 18.5 Å². The normalized spacial score (nSPS) is 21.3. The van der Waals surface area contributed by atoms with Gasteiger partial charge in [0.25, 0.3) is 5.91 Å². The maximum Gasteiger partial charge on any atom is 0.259 e. The fourth-order valence-corrected chi connectivity index (χ4v) is 3.48. The first kappa shape index (κ1) is 17.0. The Balaban J connectivity index is 1.77. The highest BCUT2D eigenvalue weighted by Gasteiger charge is 2.58. The number of ether oxygens (including phenoxy) is 1. The van der Waals surface area contributed by atoms with Gasteiger partial charge in [0.15, 0.2) is 5.78 Å². The van der Waals surface area contributed by atoms with Crippen molar-refractivity contribution < 1.29 is 19.1 Å². The number of fused-ring (bicyclic) bond motifs is 1. The van der Waals surface area contributed by atoms with E-state index in [0.717, 1.165) is 4.90 Å². The Labute approximate surface area is 155 Å². The van der Waals surface area contributed by atoms with E-state index >= 15 is 0 Å². The third-order valence-electron chi connectivity index (χ3n) is 4.76. The second-order valence-electron chi connectivity index (χ2n) is 6.35. The lowest BCUT2D eigenvalue weighted by Crippen LogP contribution is -2.39. The van der Waals surface area contributed by atoms with Crippen LogP contribution < -0.4 is 14.6 Å². The minimum absolute atomic E-state index is 0.109. The highest BCUT2D eigenvalue weighted by molar-refractivity contribution is 6.48. The first-order valence-electron chi connectivity index (χ1n) is 8.48. The average Bonchev–Trinajstić information content (AvgIpc) is 3.20. The lowest BCUT2D eigenvalue weighted by atomic mass is 9.95. The lowest BCUT2D eigenvalue weighted by Gasteiger charge is -2.22. The molecule has 0 aromatic heterocycles. The van der Waals surface area contributed by atoms with Gasteiger partial charge in [-0.1, -0.05) is 18.2 Å². The van der Waals surface area contributed by atoms with Crippen molar-refractivity contribution in [2.24, 2.45) is 11.0 Å². The van der Waals surface area contributed by atoms with Crippen LogP contribution in [-0.4, -0.2) is 36.5 Å². The molecule has 2 heterocycles. The van der Waals surface area contributed by atoms with Crippen molar-refractivity contribution in [2.45, 2.75) is 13.0 Å². The first-order valence-corrected chi connectivity index (χ1v) is 8.48. The van der Waals surface area contributed by atoms with E-state index in [1.807, 2.05) is 18.2 Å². The Morgan fingerprint density at radius 2 is 1.63 bits per heavy atom. The van der Waals surface area contributed by atoms with Crippen molar-refractivity contribution in [3.05, 3.63) is 54.6 Å². The van der Waals surface area contributed by atoms with Gasteiger partial charge in [0.1, 0.15) is 23.4 Å². The first-order chi connectivity index (χ1) is 13.0. The molecule has 2 aliphatic rings. The second kappa shape index (κ2) is 6.35. The number of methoxy groups -OCH3 is 1. The molecule has 0 spiro atoms. The molecule has 0 aliphatic carbocycles. The van der Waals surface area contributed by atoms with Gasteiger partial charge in [0, 0.05) is 6.92 Å². The summed E-state index contributed by atoms with van der Waals surface area (Å²) in [5.41, 5.74) is 1.20. The van der Waals surface area contributed by atoms with Gasteiger partial charge in [-0.15, -0.1) is 0 Å². The number of hydrogen-bond acceptors (Lipinski definition) is 6. The number of rotatable bonds is 4. The topological polar surface area (TPSA) is 79.3 Å². The van der Waals surface area contributed by atoms with Crippen molar-refractivity contribution in [1.82, 2.24) is 0 Å². The summed E-state index contributed by atoms with van der Waals surface area (Å²) in [6.07, 6.45) is 0. The van der Waals surface area contributed by atoms with Gasteiger partial charge in [-0.05, 0) is 36.4 Å². The maximum absolute atomic E-state index is 13.2.